The van der Waals surface area contributed by atoms with E-state index in [-0.39, 0.29) is 0 Å². The summed E-state index contributed by atoms with van der Waals surface area (Å²) < 4.78 is 5.54. The molecule has 1 aromatic rings. The number of rotatable bonds is 4. The van der Waals surface area contributed by atoms with Crippen molar-refractivity contribution in [3.63, 3.8) is 0 Å². The van der Waals surface area contributed by atoms with Gasteiger partial charge < -0.3 is 10.1 Å². The fourth-order valence-corrected chi connectivity index (χ4v) is 1.73. The van der Waals surface area contributed by atoms with Gasteiger partial charge in [-0.05, 0) is 12.1 Å². The Hall–Kier alpha value is -0.930. The lowest BCUT2D eigenvalue weighted by Crippen LogP contribution is -2.20. The first-order chi connectivity index (χ1) is 7.75. The van der Waals surface area contributed by atoms with Crippen molar-refractivity contribution in [2.75, 3.05) is 19.7 Å². The zero-order chi connectivity index (χ0) is 11.4. The summed E-state index contributed by atoms with van der Waals surface area (Å²) in [6.07, 6.45) is 0.792. The van der Waals surface area contributed by atoms with Crippen LogP contribution in [-0.4, -0.2) is 25.5 Å². The van der Waals surface area contributed by atoms with Gasteiger partial charge in [-0.15, -0.1) is 0 Å². The van der Waals surface area contributed by atoms with Gasteiger partial charge >= 0.3 is 0 Å². The summed E-state index contributed by atoms with van der Waals surface area (Å²) in [4.78, 5) is 4.28. The van der Waals surface area contributed by atoms with Crippen molar-refractivity contribution >= 4 is 29.0 Å². The highest BCUT2D eigenvalue weighted by atomic mass is 35.5. The molecule has 1 N–H and O–H groups in total. The summed E-state index contributed by atoms with van der Waals surface area (Å²) in [5.74, 6) is 1.74. The van der Waals surface area contributed by atoms with E-state index in [0.717, 1.165) is 31.1 Å². The summed E-state index contributed by atoms with van der Waals surface area (Å²) in [6, 6.07) is 5.25. The van der Waals surface area contributed by atoms with Gasteiger partial charge in [-0.3, -0.25) is 4.99 Å². The van der Waals surface area contributed by atoms with E-state index < -0.39 is 0 Å². The monoisotopic (exact) mass is 258 g/mol. The van der Waals surface area contributed by atoms with Crippen molar-refractivity contribution in [3.8, 4) is 5.75 Å². The molecule has 0 aromatic heterocycles. The second kappa shape index (κ2) is 5.41. The predicted molar refractivity (Wildman–Crippen MR) is 66.9 cm³/mol. The van der Waals surface area contributed by atoms with Crippen LogP contribution in [0, 0.1) is 0 Å². The van der Waals surface area contributed by atoms with E-state index in [1.165, 1.54) is 0 Å². The summed E-state index contributed by atoms with van der Waals surface area (Å²) >= 11 is 11.7. The molecular weight excluding hydrogens is 247 g/mol. The molecule has 0 radical (unpaired) electrons. The minimum Gasteiger partial charge on any atom is -0.493 e. The van der Waals surface area contributed by atoms with E-state index in [1.807, 2.05) is 0 Å². The molecule has 5 heteroatoms. The Balaban J connectivity index is 1.82. The van der Waals surface area contributed by atoms with Crippen LogP contribution in [0.1, 0.15) is 6.42 Å². The molecule has 0 amide bonds. The zero-order valence-corrected chi connectivity index (χ0v) is 10.2. The lowest BCUT2D eigenvalue weighted by atomic mass is 10.3. The van der Waals surface area contributed by atoms with Crippen LogP contribution in [0.2, 0.25) is 10.0 Å². The average Bonchev–Trinajstić information content (AvgIpc) is 2.76. The Morgan fingerprint density at radius 2 is 2.19 bits per heavy atom. The molecule has 0 fully saturated rings. The second-order valence-electron chi connectivity index (χ2n) is 3.43. The quantitative estimate of drug-likeness (QED) is 0.902. The third kappa shape index (κ3) is 3.03. The molecule has 1 aromatic carbocycles. The Morgan fingerprint density at radius 3 is 2.88 bits per heavy atom. The van der Waals surface area contributed by atoms with E-state index >= 15 is 0 Å². The first kappa shape index (κ1) is 11.6. The van der Waals surface area contributed by atoms with Gasteiger partial charge in [-0.1, -0.05) is 23.2 Å². The topological polar surface area (TPSA) is 33.6 Å². The Bertz CT molecular complexity index is 407. The van der Waals surface area contributed by atoms with E-state index in [0.29, 0.717) is 16.7 Å². The minimum atomic E-state index is 0.510. The number of amidine groups is 1. The number of benzene rings is 1. The van der Waals surface area contributed by atoms with Crippen LogP contribution in [0.5, 0.6) is 5.75 Å². The van der Waals surface area contributed by atoms with Crippen LogP contribution < -0.4 is 10.1 Å². The fraction of sp³-hybridized carbons (Fsp3) is 0.364. The summed E-state index contributed by atoms with van der Waals surface area (Å²) in [5.41, 5.74) is 0. The van der Waals surface area contributed by atoms with Crippen LogP contribution >= 0.6 is 23.2 Å². The number of ether oxygens (including phenoxy) is 1. The van der Waals surface area contributed by atoms with Crippen LogP contribution in [-0.2, 0) is 0 Å². The molecule has 0 unspecified atom stereocenters. The van der Waals surface area contributed by atoms with E-state index in [1.54, 1.807) is 18.2 Å². The first-order valence-corrected chi connectivity index (χ1v) is 5.86. The van der Waals surface area contributed by atoms with Crippen LogP contribution in [0.15, 0.2) is 23.2 Å². The maximum absolute atomic E-state index is 5.87. The van der Waals surface area contributed by atoms with Gasteiger partial charge in [0.1, 0.15) is 5.75 Å². The number of aliphatic imine (C=N–C) groups is 1. The summed E-state index contributed by atoms with van der Waals surface area (Å²) in [5, 5.41) is 4.23. The van der Waals surface area contributed by atoms with Crippen molar-refractivity contribution in [2.24, 2.45) is 4.99 Å². The molecule has 1 aliphatic rings. The lowest BCUT2D eigenvalue weighted by Gasteiger charge is -2.07. The molecule has 3 nitrogen and oxygen atoms in total. The van der Waals surface area contributed by atoms with Gasteiger partial charge in [-0.25, -0.2) is 0 Å². The van der Waals surface area contributed by atoms with Gasteiger partial charge in [0.05, 0.1) is 29.0 Å². The third-order valence-corrected chi connectivity index (χ3v) is 2.98. The van der Waals surface area contributed by atoms with Gasteiger partial charge in [-0.2, -0.15) is 0 Å². The third-order valence-electron chi connectivity index (χ3n) is 2.24. The molecule has 0 spiro atoms. The molecule has 0 bridgehead atoms. The number of halogens is 2. The maximum Gasteiger partial charge on any atom is 0.120 e. The summed E-state index contributed by atoms with van der Waals surface area (Å²) in [7, 11) is 0. The second-order valence-corrected chi connectivity index (χ2v) is 4.24. The molecule has 0 saturated carbocycles. The molecule has 2 rings (SSSR count). The molecule has 1 aliphatic heterocycles. The van der Waals surface area contributed by atoms with Crippen molar-refractivity contribution in [3.05, 3.63) is 28.2 Å². The largest absolute Gasteiger partial charge is 0.493 e. The van der Waals surface area contributed by atoms with Crippen molar-refractivity contribution in [1.82, 2.24) is 5.32 Å². The highest BCUT2D eigenvalue weighted by molar-refractivity contribution is 6.42. The average molecular weight is 259 g/mol. The van der Waals surface area contributed by atoms with Crippen LogP contribution in [0.4, 0.5) is 0 Å². The lowest BCUT2D eigenvalue weighted by molar-refractivity contribution is 0.328. The Labute approximate surface area is 104 Å². The SMILES string of the molecule is Clc1ccc(OCCC2=NCCN2)cc1Cl. The molecular formula is C11H12Cl2N2O. The highest BCUT2D eigenvalue weighted by Gasteiger charge is 2.05. The first-order valence-electron chi connectivity index (χ1n) is 5.11. The summed E-state index contributed by atoms with van der Waals surface area (Å²) in [6.45, 7) is 2.38. The van der Waals surface area contributed by atoms with E-state index in [4.69, 9.17) is 27.9 Å². The maximum atomic E-state index is 5.87. The van der Waals surface area contributed by atoms with Gasteiger partial charge in [0.25, 0.3) is 0 Å². The molecule has 16 heavy (non-hydrogen) atoms. The van der Waals surface area contributed by atoms with Gasteiger partial charge in [0.2, 0.25) is 0 Å². The van der Waals surface area contributed by atoms with Crippen molar-refractivity contribution in [1.29, 1.82) is 0 Å². The van der Waals surface area contributed by atoms with Crippen molar-refractivity contribution < 1.29 is 4.74 Å². The highest BCUT2D eigenvalue weighted by Crippen LogP contribution is 2.26. The molecule has 0 saturated heterocycles. The van der Waals surface area contributed by atoms with Gasteiger partial charge in [0.15, 0.2) is 0 Å². The number of nitrogens with one attached hydrogen (secondary N) is 1. The molecule has 0 atom stereocenters. The standard InChI is InChI=1S/C11H12Cl2N2O/c12-9-2-1-8(7-10(9)13)16-6-3-11-14-4-5-15-11/h1-2,7H,3-6H2,(H,14,15). The molecule has 86 valence electrons. The minimum absolute atomic E-state index is 0.510. The molecule has 1 heterocycles. The normalized spacial score (nSPS) is 14.5. The van der Waals surface area contributed by atoms with Crippen molar-refractivity contribution in [2.45, 2.75) is 6.42 Å². The number of hydrogen-bond donors (Lipinski definition) is 1. The fourth-order valence-electron chi connectivity index (χ4n) is 1.45. The van der Waals surface area contributed by atoms with Gasteiger partial charge in [0, 0.05) is 19.0 Å². The number of nitrogens with zero attached hydrogens (tertiary/aromatic N) is 1. The Kier molecular flexibility index (Phi) is 3.91. The zero-order valence-electron chi connectivity index (χ0n) is 8.67. The van der Waals surface area contributed by atoms with E-state index in [2.05, 4.69) is 10.3 Å². The van der Waals surface area contributed by atoms with E-state index in [9.17, 15) is 0 Å². The Morgan fingerprint density at radius 1 is 1.31 bits per heavy atom. The predicted octanol–water partition coefficient (Wildman–Crippen LogP) is 2.76. The molecule has 0 aliphatic carbocycles. The smallest absolute Gasteiger partial charge is 0.120 e. The number of hydrogen-bond acceptors (Lipinski definition) is 3. The van der Waals surface area contributed by atoms with Crippen LogP contribution in [0.25, 0.3) is 0 Å². The van der Waals surface area contributed by atoms with Crippen LogP contribution in [0.3, 0.4) is 0 Å².